The lowest BCUT2D eigenvalue weighted by Crippen LogP contribution is -2.52. The van der Waals surface area contributed by atoms with Crippen molar-refractivity contribution in [1.82, 2.24) is 14.5 Å². The van der Waals surface area contributed by atoms with Crippen LogP contribution in [0, 0.1) is 0 Å². The number of aliphatic carboxylic acids is 1. The van der Waals surface area contributed by atoms with Crippen molar-refractivity contribution in [3.63, 3.8) is 0 Å². The van der Waals surface area contributed by atoms with Gasteiger partial charge in [0.25, 0.3) is 0 Å². The highest BCUT2D eigenvalue weighted by atomic mass is 32.2. The molecule has 186 valence electrons. The third-order valence-corrected chi connectivity index (χ3v) is 7.70. The summed E-state index contributed by atoms with van der Waals surface area (Å²) in [7, 11) is -1.31. The molecule has 34 heavy (non-hydrogen) atoms. The molecule has 1 saturated heterocycles. The number of piperazine rings is 1. The van der Waals surface area contributed by atoms with Gasteiger partial charge in [0.1, 0.15) is 11.0 Å². The van der Waals surface area contributed by atoms with E-state index >= 15 is 0 Å². The van der Waals surface area contributed by atoms with Gasteiger partial charge in [-0.2, -0.15) is 12.6 Å². The van der Waals surface area contributed by atoms with Crippen molar-refractivity contribution in [2.45, 2.75) is 49.5 Å². The van der Waals surface area contributed by atoms with Crippen molar-refractivity contribution in [3.05, 3.63) is 42.5 Å². The maximum absolute atomic E-state index is 13.1. The molecular formula is C25H35N3O4S2. The maximum atomic E-state index is 13.1. The van der Waals surface area contributed by atoms with Gasteiger partial charge in [-0.25, -0.2) is 8.93 Å². The van der Waals surface area contributed by atoms with Gasteiger partial charge in [-0.05, 0) is 54.3 Å². The number of amides is 1. The van der Waals surface area contributed by atoms with Gasteiger partial charge in [0.2, 0.25) is 5.91 Å². The van der Waals surface area contributed by atoms with Crippen LogP contribution in [0.25, 0.3) is 10.8 Å². The van der Waals surface area contributed by atoms with E-state index in [1.54, 1.807) is 0 Å². The van der Waals surface area contributed by atoms with E-state index in [9.17, 15) is 13.8 Å². The first-order valence-electron chi connectivity index (χ1n) is 12.0. The number of carboxylic acids is 1. The Hall–Kier alpha value is -1.94. The third-order valence-electron chi connectivity index (χ3n) is 6.15. The lowest BCUT2D eigenvalue weighted by molar-refractivity contribution is -0.138. The fourth-order valence-electron chi connectivity index (χ4n) is 4.23. The van der Waals surface area contributed by atoms with Crippen molar-refractivity contribution in [1.29, 1.82) is 0 Å². The highest BCUT2D eigenvalue weighted by Crippen LogP contribution is 2.18. The highest BCUT2D eigenvalue weighted by molar-refractivity contribution is 7.83. The lowest BCUT2D eigenvalue weighted by Gasteiger charge is -2.36. The summed E-state index contributed by atoms with van der Waals surface area (Å²) in [4.78, 5) is 28.0. The molecule has 9 heteroatoms. The quantitative estimate of drug-likeness (QED) is 0.287. The molecule has 2 aromatic carbocycles. The van der Waals surface area contributed by atoms with Crippen LogP contribution in [0.4, 0.5) is 0 Å². The van der Waals surface area contributed by atoms with Crippen LogP contribution in [-0.4, -0.2) is 75.5 Å². The number of benzene rings is 2. The topological polar surface area (TPSA) is 89.9 Å². The van der Waals surface area contributed by atoms with Crippen LogP contribution in [0.3, 0.4) is 0 Å². The number of nitrogens with one attached hydrogen (secondary N) is 1. The molecule has 0 aromatic heterocycles. The predicted molar refractivity (Wildman–Crippen MR) is 139 cm³/mol. The number of hydrogen-bond donors (Lipinski definition) is 3. The molecule has 0 spiro atoms. The summed E-state index contributed by atoms with van der Waals surface area (Å²) in [5.74, 6) is 0.0705. The molecule has 3 rings (SSSR count). The zero-order valence-corrected chi connectivity index (χ0v) is 21.2. The second kappa shape index (κ2) is 13.8. The Morgan fingerprint density at radius 1 is 1.00 bits per heavy atom. The SMILES string of the molecule is O=C(O)CCCCC(=O)N1CCN(C[C@H](CCCS)NS(=O)c2ccc3ccccc3c2)CC1. The highest BCUT2D eigenvalue weighted by Gasteiger charge is 2.23. The zero-order valence-electron chi connectivity index (χ0n) is 19.5. The number of rotatable bonds is 13. The standard InChI is InChI=1S/C25H35N3O4S2/c29-24(9-3-4-10-25(30)31)28-15-13-27(14-16-28)19-22(8-5-17-33)26-34(32)23-12-11-20-6-1-2-7-21(20)18-23/h1-2,6-7,11-12,18,22,26,33H,3-5,8-10,13-17,19H2,(H,30,31)/t22-,34?/m0/s1. The minimum atomic E-state index is -1.31. The Balaban J connectivity index is 1.49. The summed E-state index contributed by atoms with van der Waals surface area (Å²) in [6, 6.07) is 14.0. The van der Waals surface area contributed by atoms with Crippen molar-refractivity contribution >= 4 is 46.3 Å². The first-order valence-corrected chi connectivity index (χ1v) is 13.7. The normalized spacial score (nSPS) is 16.4. The number of fused-ring (bicyclic) bond motifs is 1. The van der Waals surface area contributed by atoms with Gasteiger partial charge in [-0.15, -0.1) is 0 Å². The molecule has 0 bridgehead atoms. The molecule has 1 amide bonds. The molecule has 0 radical (unpaired) electrons. The van der Waals surface area contributed by atoms with E-state index in [2.05, 4.69) is 22.3 Å². The van der Waals surface area contributed by atoms with Gasteiger partial charge in [0.15, 0.2) is 0 Å². The van der Waals surface area contributed by atoms with E-state index in [-0.39, 0.29) is 18.4 Å². The number of hydrogen-bond acceptors (Lipinski definition) is 5. The van der Waals surface area contributed by atoms with Crippen molar-refractivity contribution in [3.8, 4) is 0 Å². The van der Waals surface area contributed by atoms with E-state index in [1.807, 2.05) is 47.4 Å². The summed E-state index contributed by atoms with van der Waals surface area (Å²) in [6.07, 6.45) is 3.48. The van der Waals surface area contributed by atoms with E-state index in [1.165, 1.54) is 0 Å². The maximum Gasteiger partial charge on any atom is 0.303 e. The van der Waals surface area contributed by atoms with Gasteiger partial charge in [0.05, 0.1) is 4.90 Å². The minimum Gasteiger partial charge on any atom is -0.481 e. The van der Waals surface area contributed by atoms with E-state index in [0.29, 0.717) is 32.4 Å². The van der Waals surface area contributed by atoms with Crippen LogP contribution in [0.15, 0.2) is 47.4 Å². The molecule has 0 saturated carbocycles. The number of carboxylic acid groups (broad SMARTS) is 1. The predicted octanol–water partition coefficient (Wildman–Crippen LogP) is 3.32. The van der Waals surface area contributed by atoms with Crippen LogP contribution < -0.4 is 4.72 Å². The number of carbonyl (C=O) groups is 2. The van der Waals surface area contributed by atoms with Crippen LogP contribution in [0.2, 0.25) is 0 Å². The largest absolute Gasteiger partial charge is 0.481 e. The Kier molecular flexibility index (Phi) is 10.8. The van der Waals surface area contributed by atoms with Crippen molar-refractivity contribution < 1.29 is 18.9 Å². The summed E-state index contributed by atoms with van der Waals surface area (Å²) in [5.41, 5.74) is 0. The second-order valence-electron chi connectivity index (χ2n) is 8.74. The molecule has 1 unspecified atom stereocenters. The Morgan fingerprint density at radius 3 is 2.41 bits per heavy atom. The lowest BCUT2D eigenvalue weighted by atomic mass is 10.1. The Morgan fingerprint density at radius 2 is 1.71 bits per heavy atom. The number of unbranched alkanes of at least 4 members (excludes halogenated alkanes) is 1. The summed E-state index contributed by atoms with van der Waals surface area (Å²) in [5, 5.41) is 10.9. The smallest absolute Gasteiger partial charge is 0.303 e. The van der Waals surface area contributed by atoms with Crippen LogP contribution >= 0.6 is 12.6 Å². The minimum absolute atomic E-state index is 0.0673. The fraction of sp³-hybridized carbons (Fsp3) is 0.520. The number of thiol groups is 1. The van der Waals surface area contributed by atoms with Gasteiger partial charge in [-0.1, -0.05) is 30.3 Å². The van der Waals surface area contributed by atoms with E-state index in [0.717, 1.165) is 53.9 Å². The van der Waals surface area contributed by atoms with Gasteiger partial charge < -0.3 is 10.0 Å². The van der Waals surface area contributed by atoms with Crippen LogP contribution in [0.5, 0.6) is 0 Å². The number of carbonyl (C=O) groups excluding carboxylic acids is 1. The van der Waals surface area contributed by atoms with Gasteiger partial charge in [-0.3, -0.25) is 14.5 Å². The molecule has 1 aliphatic heterocycles. The molecule has 2 N–H and O–H groups in total. The molecule has 1 aliphatic rings. The summed E-state index contributed by atoms with van der Waals surface area (Å²) < 4.78 is 16.4. The average Bonchev–Trinajstić information content (AvgIpc) is 2.85. The van der Waals surface area contributed by atoms with Gasteiger partial charge in [0, 0.05) is 51.6 Å². The van der Waals surface area contributed by atoms with Crippen molar-refractivity contribution in [2.75, 3.05) is 38.5 Å². The Bertz CT molecular complexity index is 980. The first kappa shape index (κ1) is 26.7. The fourth-order valence-corrected chi connectivity index (χ4v) is 5.47. The molecule has 1 heterocycles. The average molecular weight is 506 g/mol. The summed E-state index contributed by atoms with van der Waals surface area (Å²) in [6.45, 7) is 3.68. The van der Waals surface area contributed by atoms with E-state index in [4.69, 9.17) is 5.11 Å². The third kappa shape index (κ3) is 8.37. The molecule has 2 aromatic rings. The summed E-state index contributed by atoms with van der Waals surface area (Å²) >= 11 is 4.35. The molecule has 1 fully saturated rings. The molecular weight excluding hydrogens is 470 g/mol. The van der Waals surface area contributed by atoms with Crippen LogP contribution in [0.1, 0.15) is 38.5 Å². The van der Waals surface area contributed by atoms with Gasteiger partial charge >= 0.3 is 5.97 Å². The molecule has 0 aliphatic carbocycles. The second-order valence-corrected chi connectivity index (χ2v) is 10.4. The Labute approximate surface area is 209 Å². The van der Waals surface area contributed by atoms with Crippen molar-refractivity contribution in [2.24, 2.45) is 0 Å². The van der Waals surface area contributed by atoms with Crippen LogP contribution in [-0.2, 0) is 20.6 Å². The molecule has 7 nitrogen and oxygen atoms in total. The first-order chi connectivity index (χ1) is 16.5. The monoisotopic (exact) mass is 505 g/mol. The zero-order chi connectivity index (χ0) is 24.3. The number of nitrogens with zero attached hydrogens (tertiary/aromatic N) is 2. The van der Waals surface area contributed by atoms with E-state index < -0.39 is 17.0 Å². The molecule has 2 atom stereocenters.